The first kappa shape index (κ1) is 14.7. The number of aliphatic carboxylic acids is 1. The van der Waals surface area contributed by atoms with E-state index in [-0.39, 0.29) is 6.10 Å². The summed E-state index contributed by atoms with van der Waals surface area (Å²) in [4.78, 5) is 11.5. The van der Waals surface area contributed by atoms with Crippen LogP contribution >= 0.6 is 0 Å². The topological polar surface area (TPSA) is 67.8 Å². The van der Waals surface area contributed by atoms with Crippen LogP contribution in [0.4, 0.5) is 0 Å². The van der Waals surface area contributed by atoms with Crippen LogP contribution in [0.25, 0.3) is 0 Å². The molecule has 0 amide bonds. The van der Waals surface area contributed by atoms with Crippen molar-refractivity contribution in [1.29, 1.82) is 0 Å². The SMILES string of the molecule is CCNC(C(=O)O)c1cc2c(cc1OCC)CC(C)O2. The van der Waals surface area contributed by atoms with Crippen LogP contribution in [0.15, 0.2) is 12.1 Å². The maximum atomic E-state index is 11.5. The van der Waals surface area contributed by atoms with Gasteiger partial charge < -0.3 is 19.9 Å². The summed E-state index contributed by atoms with van der Waals surface area (Å²) in [6, 6.07) is 2.92. The first-order valence-electron chi connectivity index (χ1n) is 6.99. The number of rotatable bonds is 6. The minimum Gasteiger partial charge on any atom is -0.494 e. The maximum absolute atomic E-state index is 11.5. The molecule has 5 nitrogen and oxygen atoms in total. The predicted molar refractivity (Wildman–Crippen MR) is 75.5 cm³/mol. The molecule has 0 radical (unpaired) electrons. The number of hydrogen-bond donors (Lipinski definition) is 2. The maximum Gasteiger partial charge on any atom is 0.325 e. The molecular formula is C15H21NO4. The van der Waals surface area contributed by atoms with Gasteiger partial charge in [-0.25, -0.2) is 0 Å². The second-order valence-corrected chi connectivity index (χ2v) is 4.89. The van der Waals surface area contributed by atoms with Gasteiger partial charge in [0.15, 0.2) is 0 Å². The van der Waals surface area contributed by atoms with Gasteiger partial charge in [-0.15, -0.1) is 0 Å². The number of hydrogen-bond acceptors (Lipinski definition) is 4. The zero-order valence-corrected chi connectivity index (χ0v) is 12.1. The van der Waals surface area contributed by atoms with Crippen molar-refractivity contribution >= 4 is 5.97 Å². The molecule has 1 heterocycles. The van der Waals surface area contributed by atoms with Crippen LogP contribution in [0.5, 0.6) is 11.5 Å². The van der Waals surface area contributed by atoms with Gasteiger partial charge in [0.25, 0.3) is 0 Å². The largest absolute Gasteiger partial charge is 0.494 e. The van der Waals surface area contributed by atoms with Crippen LogP contribution < -0.4 is 14.8 Å². The third-order valence-corrected chi connectivity index (χ3v) is 3.29. The molecule has 0 fully saturated rings. The summed E-state index contributed by atoms with van der Waals surface area (Å²) in [6.07, 6.45) is 0.950. The summed E-state index contributed by atoms with van der Waals surface area (Å²) in [5, 5.41) is 12.4. The fourth-order valence-corrected chi connectivity index (χ4v) is 2.50. The molecule has 0 bridgehead atoms. The van der Waals surface area contributed by atoms with E-state index in [0.29, 0.717) is 24.5 Å². The van der Waals surface area contributed by atoms with Gasteiger partial charge in [0, 0.05) is 17.5 Å². The number of carboxylic acid groups (broad SMARTS) is 1. The Morgan fingerprint density at radius 1 is 1.55 bits per heavy atom. The quantitative estimate of drug-likeness (QED) is 0.835. The molecule has 110 valence electrons. The fraction of sp³-hybridized carbons (Fsp3) is 0.533. The van der Waals surface area contributed by atoms with E-state index in [1.165, 1.54) is 0 Å². The van der Waals surface area contributed by atoms with Crippen molar-refractivity contribution in [3.05, 3.63) is 23.3 Å². The van der Waals surface area contributed by atoms with Crippen molar-refractivity contribution in [3.8, 4) is 11.5 Å². The number of benzene rings is 1. The van der Waals surface area contributed by atoms with E-state index in [4.69, 9.17) is 9.47 Å². The minimum absolute atomic E-state index is 0.122. The van der Waals surface area contributed by atoms with Crippen molar-refractivity contribution in [1.82, 2.24) is 5.32 Å². The van der Waals surface area contributed by atoms with E-state index in [9.17, 15) is 9.90 Å². The van der Waals surface area contributed by atoms with Gasteiger partial charge in [0.05, 0.1) is 6.61 Å². The van der Waals surface area contributed by atoms with Crippen molar-refractivity contribution in [3.63, 3.8) is 0 Å². The van der Waals surface area contributed by atoms with Gasteiger partial charge in [-0.3, -0.25) is 4.79 Å². The molecule has 1 aliphatic heterocycles. The number of carboxylic acids is 1. The summed E-state index contributed by atoms with van der Waals surface area (Å²) in [6.45, 7) is 6.83. The van der Waals surface area contributed by atoms with Gasteiger partial charge in [0.2, 0.25) is 0 Å². The highest BCUT2D eigenvalue weighted by atomic mass is 16.5. The van der Waals surface area contributed by atoms with Crippen molar-refractivity contribution in [2.75, 3.05) is 13.2 Å². The minimum atomic E-state index is -0.918. The highest BCUT2D eigenvalue weighted by Gasteiger charge is 2.28. The standard InChI is InChI=1S/C15H21NO4/c1-4-16-14(15(17)18)11-8-12-10(6-9(3)20-12)7-13(11)19-5-2/h7-9,14,16H,4-6H2,1-3H3,(H,17,18). The molecule has 0 aliphatic carbocycles. The molecule has 0 aromatic heterocycles. The Morgan fingerprint density at radius 2 is 2.30 bits per heavy atom. The molecule has 2 unspecified atom stereocenters. The second-order valence-electron chi connectivity index (χ2n) is 4.89. The van der Waals surface area contributed by atoms with Gasteiger partial charge >= 0.3 is 5.97 Å². The average Bonchev–Trinajstić information content (AvgIpc) is 2.74. The van der Waals surface area contributed by atoms with E-state index in [1.54, 1.807) is 6.07 Å². The van der Waals surface area contributed by atoms with Crippen LogP contribution in [-0.2, 0) is 11.2 Å². The van der Waals surface area contributed by atoms with Crippen LogP contribution in [0, 0.1) is 0 Å². The molecule has 20 heavy (non-hydrogen) atoms. The fourth-order valence-electron chi connectivity index (χ4n) is 2.50. The zero-order chi connectivity index (χ0) is 14.7. The monoisotopic (exact) mass is 279 g/mol. The molecule has 0 spiro atoms. The third kappa shape index (κ3) is 2.88. The molecule has 1 aromatic carbocycles. The molecular weight excluding hydrogens is 258 g/mol. The molecule has 5 heteroatoms. The lowest BCUT2D eigenvalue weighted by Crippen LogP contribution is -2.28. The van der Waals surface area contributed by atoms with Crippen LogP contribution in [-0.4, -0.2) is 30.3 Å². The normalized spacial score (nSPS) is 18.2. The summed E-state index contributed by atoms with van der Waals surface area (Å²) < 4.78 is 11.3. The van der Waals surface area contributed by atoms with Gasteiger partial charge in [-0.2, -0.15) is 0 Å². The molecule has 2 atom stereocenters. The van der Waals surface area contributed by atoms with Gasteiger partial charge in [-0.05, 0) is 32.5 Å². The number of carbonyl (C=O) groups is 1. The number of likely N-dealkylation sites (N-methyl/N-ethyl adjacent to an activating group) is 1. The van der Waals surface area contributed by atoms with E-state index in [0.717, 1.165) is 17.7 Å². The second kappa shape index (κ2) is 6.13. The highest BCUT2D eigenvalue weighted by molar-refractivity contribution is 5.77. The molecule has 2 N–H and O–H groups in total. The summed E-state index contributed by atoms with van der Waals surface area (Å²) in [5.74, 6) is 0.469. The van der Waals surface area contributed by atoms with Crippen LogP contribution in [0.1, 0.15) is 37.9 Å². The molecule has 1 aliphatic rings. The molecule has 0 saturated carbocycles. The Morgan fingerprint density at radius 3 is 2.90 bits per heavy atom. The lowest BCUT2D eigenvalue weighted by molar-refractivity contribution is -0.139. The first-order chi connectivity index (χ1) is 9.56. The lowest BCUT2D eigenvalue weighted by atomic mass is 10.0. The first-order valence-corrected chi connectivity index (χ1v) is 6.99. The van der Waals surface area contributed by atoms with E-state index < -0.39 is 12.0 Å². The van der Waals surface area contributed by atoms with Crippen LogP contribution in [0.3, 0.4) is 0 Å². The predicted octanol–water partition coefficient (Wildman–Crippen LogP) is 2.14. The highest BCUT2D eigenvalue weighted by Crippen LogP contribution is 2.37. The average molecular weight is 279 g/mol. The number of nitrogens with one attached hydrogen (secondary N) is 1. The van der Waals surface area contributed by atoms with E-state index in [2.05, 4.69) is 5.32 Å². The third-order valence-electron chi connectivity index (χ3n) is 3.29. The Bertz CT molecular complexity index is 501. The smallest absolute Gasteiger partial charge is 0.325 e. The molecule has 2 rings (SSSR count). The molecule has 0 saturated heterocycles. The number of ether oxygens (including phenoxy) is 2. The Hall–Kier alpha value is -1.75. The summed E-state index contributed by atoms with van der Waals surface area (Å²) in [7, 11) is 0. The van der Waals surface area contributed by atoms with Crippen molar-refractivity contribution in [2.24, 2.45) is 0 Å². The van der Waals surface area contributed by atoms with E-state index >= 15 is 0 Å². The van der Waals surface area contributed by atoms with Crippen molar-refractivity contribution in [2.45, 2.75) is 39.3 Å². The van der Waals surface area contributed by atoms with Gasteiger partial charge in [-0.1, -0.05) is 6.92 Å². The summed E-state index contributed by atoms with van der Waals surface area (Å²) in [5.41, 5.74) is 1.69. The lowest BCUT2D eigenvalue weighted by Gasteiger charge is -2.18. The number of fused-ring (bicyclic) bond motifs is 1. The van der Waals surface area contributed by atoms with Crippen molar-refractivity contribution < 1.29 is 19.4 Å². The Balaban J connectivity index is 2.44. The molecule has 1 aromatic rings. The summed E-state index contributed by atoms with van der Waals surface area (Å²) >= 11 is 0. The van der Waals surface area contributed by atoms with E-state index in [1.807, 2.05) is 26.8 Å². The van der Waals surface area contributed by atoms with Gasteiger partial charge in [0.1, 0.15) is 23.6 Å². The Kier molecular flexibility index (Phi) is 4.49. The zero-order valence-electron chi connectivity index (χ0n) is 12.1. The Labute approximate surface area is 118 Å². The van der Waals surface area contributed by atoms with Crippen LogP contribution in [0.2, 0.25) is 0 Å².